The summed E-state index contributed by atoms with van der Waals surface area (Å²) >= 11 is 6.24. The van der Waals surface area contributed by atoms with Crippen molar-refractivity contribution in [2.24, 2.45) is 5.73 Å². The van der Waals surface area contributed by atoms with Crippen LogP contribution in [0.2, 0.25) is 5.02 Å². The van der Waals surface area contributed by atoms with Crippen molar-refractivity contribution in [1.29, 1.82) is 0 Å². The smallest absolute Gasteiger partial charge is 0.228 e. The average Bonchev–Trinajstić information content (AvgIpc) is 2.94. The average molecular weight is 267 g/mol. The highest BCUT2D eigenvalue weighted by molar-refractivity contribution is 6.32. The van der Waals surface area contributed by atoms with Crippen LogP contribution in [0.5, 0.6) is 0 Å². The summed E-state index contributed by atoms with van der Waals surface area (Å²) in [5, 5.41) is 3.37. The van der Waals surface area contributed by atoms with Crippen molar-refractivity contribution < 1.29 is 9.53 Å². The van der Waals surface area contributed by atoms with Crippen LogP contribution in [-0.2, 0) is 16.0 Å². The number of benzene rings is 1. The molecule has 0 bridgehead atoms. The van der Waals surface area contributed by atoms with Crippen molar-refractivity contribution in [3.8, 4) is 0 Å². The van der Waals surface area contributed by atoms with Crippen molar-refractivity contribution in [3.05, 3.63) is 28.3 Å². The molecule has 2 aliphatic rings. The first kappa shape index (κ1) is 12.0. The highest BCUT2D eigenvalue weighted by Gasteiger charge is 2.28. The Kier molecular flexibility index (Phi) is 3.01. The van der Waals surface area contributed by atoms with E-state index in [2.05, 4.69) is 5.32 Å². The molecule has 5 heteroatoms. The van der Waals surface area contributed by atoms with E-state index in [4.69, 9.17) is 22.1 Å². The normalized spacial score (nSPS) is 23.9. The van der Waals surface area contributed by atoms with Gasteiger partial charge in [0.25, 0.3) is 0 Å². The zero-order valence-corrected chi connectivity index (χ0v) is 10.7. The molecule has 0 saturated carbocycles. The summed E-state index contributed by atoms with van der Waals surface area (Å²) in [6.07, 6.45) is 2.44. The molecule has 0 spiro atoms. The maximum atomic E-state index is 11.3. The lowest BCUT2D eigenvalue weighted by Crippen LogP contribution is -2.25. The quantitative estimate of drug-likeness (QED) is 0.861. The number of rotatable bonds is 2. The summed E-state index contributed by atoms with van der Waals surface area (Å²) in [5.74, 6) is 0.00362. The van der Waals surface area contributed by atoms with E-state index in [9.17, 15) is 4.79 Å². The minimum absolute atomic E-state index is 0.00362. The highest BCUT2D eigenvalue weighted by Crippen LogP contribution is 2.35. The number of anilines is 1. The number of nitrogens with one attached hydrogen (secondary N) is 1. The second-order valence-corrected chi connectivity index (χ2v) is 5.24. The van der Waals surface area contributed by atoms with Crippen LogP contribution < -0.4 is 11.1 Å². The number of fused-ring (bicyclic) bond motifs is 1. The summed E-state index contributed by atoms with van der Waals surface area (Å²) < 4.78 is 5.60. The predicted molar refractivity (Wildman–Crippen MR) is 69.7 cm³/mol. The third-order valence-corrected chi connectivity index (χ3v) is 3.90. The summed E-state index contributed by atoms with van der Waals surface area (Å²) in [7, 11) is 0. The van der Waals surface area contributed by atoms with Crippen LogP contribution in [0.1, 0.15) is 30.0 Å². The maximum Gasteiger partial charge on any atom is 0.228 e. The van der Waals surface area contributed by atoms with E-state index in [1.54, 1.807) is 6.07 Å². The number of nitrogens with two attached hydrogens (primary N) is 1. The molecule has 1 fully saturated rings. The van der Waals surface area contributed by atoms with Gasteiger partial charge >= 0.3 is 0 Å². The molecule has 1 saturated heterocycles. The Hall–Kier alpha value is -1.10. The Bertz CT molecular complexity index is 498. The van der Waals surface area contributed by atoms with Crippen molar-refractivity contribution >= 4 is 23.2 Å². The summed E-state index contributed by atoms with van der Waals surface area (Å²) in [6, 6.07) is 3.49. The second-order valence-electron chi connectivity index (χ2n) is 4.83. The third kappa shape index (κ3) is 2.00. The van der Waals surface area contributed by atoms with Gasteiger partial charge in [-0.3, -0.25) is 4.79 Å². The molecule has 2 atom stereocenters. The van der Waals surface area contributed by atoms with E-state index in [-0.39, 0.29) is 18.1 Å². The molecule has 1 aromatic carbocycles. The lowest BCUT2D eigenvalue weighted by Gasteiger charge is -2.20. The Balaban J connectivity index is 1.92. The van der Waals surface area contributed by atoms with Gasteiger partial charge in [-0.1, -0.05) is 17.7 Å². The number of halogens is 1. The van der Waals surface area contributed by atoms with Gasteiger partial charge in [0, 0.05) is 17.3 Å². The summed E-state index contributed by atoms with van der Waals surface area (Å²) in [6.45, 7) is 0.765. The van der Waals surface area contributed by atoms with Gasteiger partial charge in [0.05, 0.1) is 18.6 Å². The van der Waals surface area contributed by atoms with Gasteiger partial charge in [-0.25, -0.2) is 0 Å². The van der Waals surface area contributed by atoms with Crippen LogP contribution in [0.15, 0.2) is 12.1 Å². The van der Waals surface area contributed by atoms with Crippen molar-refractivity contribution in [2.75, 3.05) is 11.9 Å². The first-order chi connectivity index (χ1) is 8.65. The molecule has 2 aliphatic heterocycles. The van der Waals surface area contributed by atoms with Crippen molar-refractivity contribution in [1.82, 2.24) is 0 Å². The zero-order chi connectivity index (χ0) is 12.7. The molecule has 96 valence electrons. The van der Waals surface area contributed by atoms with E-state index < -0.39 is 0 Å². The fraction of sp³-hybridized carbons (Fsp3) is 0.462. The first-order valence-electron chi connectivity index (χ1n) is 6.14. The maximum absolute atomic E-state index is 11.3. The molecule has 3 rings (SSSR count). The topological polar surface area (TPSA) is 64.3 Å². The van der Waals surface area contributed by atoms with Gasteiger partial charge in [-0.05, 0) is 30.0 Å². The fourth-order valence-corrected chi connectivity index (χ4v) is 2.90. The van der Waals surface area contributed by atoms with Gasteiger partial charge < -0.3 is 15.8 Å². The van der Waals surface area contributed by atoms with Crippen molar-refractivity contribution in [2.45, 2.75) is 31.4 Å². The second kappa shape index (κ2) is 4.53. The molecule has 1 aromatic rings. The molecular formula is C13H15ClN2O2. The zero-order valence-electron chi connectivity index (χ0n) is 9.91. The fourth-order valence-electron chi connectivity index (χ4n) is 2.61. The molecule has 0 aliphatic carbocycles. The van der Waals surface area contributed by atoms with Crippen LogP contribution in [0.25, 0.3) is 0 Å². The number of ether oxygens (including phenoxy) is 1. The van der Waals surface area contributed by atoms with E-state index in [1.165, 1.54) is 0 Å². The van der Waals surface area contributed by atoms with Crippen LogP contribution >= 0.6 is 11.6 Å². The molecule has 3 N–H and O–H groups in total. The standard InChI is InChI=1S/C13H15ClN2O2/c14-9-6-10-7(5-12(17)16-10)4-8(9)13(15)11-2-1-3-18-11/h4,6,11,13H,1-3,5,15H2,(H,16,17). The first-order valence-corrected chi connectivity index (χ1v) is 6.52. The van der Waals surface area contributed by atoms with E-state index >= 15 is 0 Å². The molecule has 2 heterocycles. The molecule has 18 heavy (non-hydrogen) atoms. The Morgan fingerprint density at radius 1 is 1.50 bits per heavy atom. The third-order valence-electron chi connectivity index (χ3n) is 3.57. The minimum Gasteiger partial charge on any atom is -0.376 e. The van der Waals surface area contributed by atoms with Gasteiger partial charge in [0.15, 0.2) is 0 Å². The van der Waals surface area contributed by atoms with Crippen LogP contribution in [0.3, 0.4) is 0 Å². The van der Waals surface area contributed by atoms with Crippen LogP contribution in [-0.4, -0.2) is 18.6 Å². The molecule has 0 radical (unpaired) electrons. The lowest BCUT2D eigenvalue weighted by atomic mass is 9.97. The minimum atomic E-state index is -0.221. The Morgan fingerprint density at radius 2 is 2.33 bits per heavy atom. The van der Waals surface area contributed by atoms with Crippen molar-refractivity contribution in [3.63, 3.8) is 0 Å². The van der Waals surface area contributed by atoms with Crippen LogP contribution in [0.4, 0.5) is 5.69 Å². The number of carbonyl (C=O) groups is 1. The molecular weight excluding hydrogens is 252 g/mol. The lowest BCUT2D eigenvalue weighted by molar-refractivity contribution is -0.115. The number of hydrogen-bond acceptors (Lipinski definition) is 3. The van der Waals surface area contributed by atoms with Gasteiger partial charge in [0.1, 0.15) is 0 Å². The Morgan fingerprint density at radius 3 is 3.06 bits per heavy atom. The monoisotopic (exact) mass is 266 g/mol. The largest absolute Gasteiger partial charge is 0.376 e. The van der Waals surface area contributed by atoms with E-state index in [0.29, 0.717) is 11.4 Å². The van der Waals surface area contributed by atoms with Gasteiger partial charge in [-0.15, -0.1) is 0 Å². The highest BCUT2D eigenvalue weighted by atomic mass is 35.5. The number of amides is 1. The predicted octanol–water partition coefficient (Wildman–Crippen LogP) is 2.01. The summed E-state index contributed by atoms with van der Waals surface area (Å²) in [5.41, 5.74) is 8.85. The van der Waals surface area contributed by atoms with E-state index in [1.807, 2.05) is 6.07 Å². The van der Waals surface area contributed by atoms with Gasteiger partial charge in [-0.2, -0.15) is 0 Å². The SMILES string of the molecule is NC(c1cc2c(cc1Cl)NC(=O)C2)C1CCCO1. The molecule has 1 amide bonds. The number of carbonyl (C=O) groups excluding carboxylic acids is 1. The Labute approximate surface area is 110 Å². The van der Waals surface area contributed by atoms with E-state index in [0.717, 1.165) is 36.3 Å². The number of hydrogen-bond donors (Lipinski definition) is 2. The summed E-state index contributed by atoms with van der Waals surface area (Å²) in [4.78, 5) is 11.3. The molecule has 4 nitrogen and oxygen atoms in total. The van der Waals surface area contributed by atoms with Crippen LogP contribution in [0, 0.1) is 0 Å². The molecule has 0 aromatic heterocycles. The molecule has 2 unspecified atom stereocenters. The van der Waals surface area contributed by atoms with Gasteiger partial charge in [0.2, 0.25) is 5.91 Å².